The molecule has 0 aromatic carbocycles. The summed E-state index contributed by atoms with van der Waals surface area (Å²) in [5, 5.41) is 4.98. The minimum Gasteiger partial charge on any atom is -0.370 e. The van der Waals surface area contributed by atoms with E-state index in [2.05, 4.69) is 0 Å². The fourth-order valence-corrected chi connectivity index (χ4v) is 2.51. The van der Waals surface area contributed by atoms with Crippen LogP contribution in [0.25, 0.3) is 0 Å². The molecule has 0 bridgehead atoms. The Kier molecular flexibility index (Phi) is 5.36. The minimum atomic E-state index is -4.32. The molecule has 0 saturated carbocycles. The molecule has 1 aliphatic carbocycles. The number of sulfonamides is 1. The maximum absolute atomic E-state index is 12.2. The summed E-state index contributed by atoms with van der Waals surface area (Å²) in [6.07, 6.45) is -3.28. The molecule has 20 heavy (non-hydrogen) atoms. The van der Waals surface area contributed by atoms with Gasteiger partial charge in [-0.2, -0.15) is 13.2 Å². The Morgan fingerprint density at radius 3 is 2.50 bits per heavy atom. The average Bonchev–Trinajstić information content (AvgIpc) is 2.25. The number of allylic oxidation sites excluding steroid dienone is 1. The van der Waals surface area contributed by atoms with Crippen LogP contribution in [0.4, 0.5) is 13.2 Å². The van der Waals surface area contributed by atoms with Crippen LogP contribution in [0.15, 0.2) is 23.1 Å². The lowest BCUT2D eigenvalue weighted by molar-refractivity contribution is -0.163. The van der Waals surface area contributed by atoms with Gasteiger partial charge in [0.05, 0.1) is 23.5 Å². The van der Waals surface area contributed by atoms with Gasteiger partial charge in [0, 0.05) is 12.5 Å². The maximum Gasteiger partial charge on any atom is 0.391 e. The maximum atomic E-state index is 12.2. The van der Waals surface area contributed by atoms with Crippen molar-refractivity contribution in [3.63, 3.8) is 0 Å². The molecule has 0 saturated heterocycles. The second-order valence-electron chi connectivity index (χ2n) is 4.60. The highest BCUT2D eigenvalue weighted by atomic mass is 32.2. The van der Waals surface area contributed by atoms with E-state index in [9.17, 15) is 21.6 Å². The van der Waals surface area contributed by atoms with Gasteiger partial charge >= 0.3 is 6.18 Å². The van der Waals surface area contributed by atoms with Crippen LogP contribution in [0.1, 0.15) is 13.3 Å². The molecule has 0 fully saturated rings. The summed E-state index contributed by atoms with van der Waals surface area (Å²) in [7, 11) is -3.87. The van der Waals surface area contributed by atoms with Crippen molar-refractivity contribution in [1.29, 1.82) is 0 Å². The van der Waals surface area contributed by atoms with E-state index < -0.39 is 40.7 Å². The molecule has 0 aliphatic heterocycles. The van der Waals surface area contributed by atoms with Gasteiger partial charge in [0.2, 0.25) is 10.0 Å². The van der Waals surface area contributed by atoms with Gasteiger partial charge in [-0.1, -0.05) is 12.2 Å². The van der Waals surface area contributed by atoms with Gasteiger partial charge in [0.1, 0.15) is 0 Å². The van der Waals surface area contributed by atoms with E-state index in [0.717, 1.165) is 0 Å². The van der Waals surface area contributed by atoms with Gasteiger partial charge in [-0.3, -0.25) is 0 Å². The summed E-state index contributed by atoms with van der Waals surface area (Å²) in [6, 6.07) is 0. The van der Waals surface area contributed by atoms with Gasteiger partial charge in [0.15, 0.2) is 0 Å². The van der Waals surface area contributed by atoms with Gasteiger partial charge in [-0.25, -0.2) is 13.6 Å². The lowest BCUT2D eigenvalue weighted by atomic mass is 9.97. The molecule has 4 N–H and O–H groups in total. The van der Waals surface area contributed by atoms with Crippen LogP contribution in [-0.2, 0) is 14.8 Å². The van der Waals surface area contributed by atoms with E-state index in [-0.39, 0.29) is 11.4 Å². The summed E-state index contributed by atoms with van der Waals surface area (Å²) >= 11 is 0. The number of hydrogen-bond acceptors (Lipinski definition) is 4. The van der Waals surface area contributed by atoms with Crippen LogP contribution in [0, 0.1) is 5.92 Å². The lowest BCUT2D eigenvalue weighted by Crippen LogP contribution is -2.34. The quantitative estimate of drug-likeness (QED) is 0.792. The monoisotopic (exact) mass is 314 g/mol. The van der Waals surface area contributed by atoms with E-state index in [1.165, 1.54) is 25.2 Å². The molecule has 3 unspecified atom stereocenters. The Balaban J connectivity index is 2.75. The molecule has 0 aromatic rings. The molecule has 0 spiro atoms. The highest BCUT2D eigenvalue weighted by Gasteiger charge is 2.33. The number of nitrogens with two attached hydrogens (primary N) is 2. The van der Waals surface area contributed by atoms with Crippen LogP contribution in [-0.4, -0.2) is 33.3 Å². The van der Waals surface area contributed by atoms with Crippen molar-refractivity contribution in [3.05, 3.63) is 23.1 Å². The highest BCUT2D eigenvalue weighted by molar-refractivity contribution is 7.93. The van der Waals surface area contributed by atoms with E-state index in [1.54, 1.807) is 0 Å². The van der Waals surface area contributed by atoms with Crippen LogP contribution in [0.5, 0.6) is 0 Å². The molecule has 5 nitrogen and oxygen atoms in total. The molecule has 3 atom stereocenters. The molecule has 116 valence electrons. The molecule has 0 radical (unpaired) electrons. The molecule has 0 amide bonds. The van der Waals surface area contributed by atoms with Gasteiger partial charge in [0.25, 0.3) is 0 Å². The zero-order chi connectivity index (χ0) is 15.6. The number of halogens is 3. The van der Waals surface area contributed by atoms with Crippen molar-refractivity contribution < 1.29 is 26.3 Å². The first-order valence-corrected chi connectivity index (χ1v) is 7.42. The summed E-state index contributed by atoms with van der Waals surface area (Å²) in [6.45, 7) is 1.33. The van der Waals surface area contributed by atoms with Gasteiger partial charge in [-0.05, 0) is 13.0 Å². The predicted molar refractivity (Wildman–Crippen MR) is 67.9 cm³/mol. The number of primary sulfonamides is 1. The first-order valence-electron chi connectivity index (χ1n) is 5.88. The molecule has 0 heterocycles. The van der Waals surface area contributed by atoms with Gasteiger partial charge in [-0.15, -0.1) is 0 Å². The van der Waals surface area contributed by atoms with Crippen molar-refractivity contribution in [3.8, 4) is 0 Å². The highest BCUT2D eigenvalue weighted by Crippen LogP contribution is 2.27. The lowest BCUT2D eigenvalue weighted by Gasteiger charge is -2.28. The molecular formula is C11H17F3N2O3S. The zero-order valence-electron chi connectivity index (χ0n) is 10.8. The standard InChI is InChI=1S/C11H17F3N2O3S/c1-7(5-11(12,13)14)19-10-3-2-9(20(16,17)18)4-8(10)6-15/h2-4,7-8,10H,5-6,15H2,1H3,(H2,16,17,18). The summed E-state index contributed by atoms with van der Waals surface area (Å²) in [4.78, 5) is -0.115. The zero-order valence-corrected chi connectivity index (χ0v) is 11.6. The Labute approximate surface area is 115 Å². The third-order valence-electron chi connectivity index (χ3n) is 2.76. The van der Waals surface area contributed by atoms with Crippen molar-refractivity contribution in [2.45, 2.75) is 31.7 Å². The number of alkyl halides is 3. The SMILES string of the molecule is CC(CC(F)(F)F)OC1C=CC(S(N)(=O)=O)=CC1CN. The Bertz CT molecular complexity index is 500. The predicted octanol–water partition coefficient (Wildman–Crippen LogP) is 1.03. The molecule has 9 heteroatoms. The van der Waals surface area contributed by atoms with E-state index in [4.69, 9.17) is 15.6 Å². The number of ether oxygens (including phenoxy) is 1. The first kappa shape index (κ1) is 17.2. The van der Waals surface area contributed by atoms with Crippen molar-refractivity contribution in [2.24, 2.45) is 16.8 Å². The van der Waals surface area contributed by atoms with Crippen LogP contribution in [0.3, 0.4) is 0 Å². The second-order valence-corrected chi connectivity index (χ2v) is 6.16. The van der Waals surface area contributed by atoms with E-state index in [0.29, 0.717) is 0 Å². The summed E-state index contributed by atoms with van der Waals surface area (Å²) in [5.74, 6) is -0.538. The molecular weight excluding hydrogens is 297 g/mol. The minimum absolute atomic E-state index is 0.0345. The molecule has 1 aliphatic rings. The fourth-order valence-electron chi connectivity index (χ4n) is 1.87. The summed E-state index contributed by atoms with van der Waals surface area (Å²) < 4.78 is 64.3. The Morgan fingerprint density at radius 1 is 1.45 bits per heavy atom. The Morgan fingerprint density at radius 2 is 2.05 bits per heavy atom. The summed E-state index contributed by atoms with van der Waals surface area (Å²) in [5.41, 5.74) is 5.49. The second kappa shape index (κ2) is 6.25. The third kappa shape index (κ3) is 5.23. The van der Waals surface area contributed by atoms with Crippen LogP contribution >= 0.6 is 0 Å². The topological polar surface area (TPSA) is 95.4 Å². The third-order valence-corrected chi connectivity index (χ3v) is 3.69. The number of rotatable bonds is 5. The fraction of sp³-hybridized carbons (Fsp3) is 0.636. The van der Waals surface area contributed by atoms with Crippen LogP contribution in [0.2, 0.25) is 0 Å². The number of hydrogen-bond donors (Lipinski definition) is 2. The first-order chi connectivity index (χ1) is 9.03. The largest absolute Gasteiger partial charge is 0.391 e. The normalized spacial score (nSPS) is 25.4. The van der Waals surface area contributed by atoms with Crippen molar-refractivity contribution in [1.82, 2.24) is 0 Å². The van der Waals surface area contributed by atoms with Crippen molar-refractivity contribution >= 4 is 10.0 Å². The Hall–Kier alpha value is -0.900. The average molecular weight is 314 g/mol. The molecule has 0 aromatic heterocycles. The van der Waals surface area contributed by atoms with Crippen LogP contribution < -0.4 is 10.9 Å². The van der Waals surface area contributed by atoms with E-state index in [1.807, 2.05) is 0 Å². The van der Waals surface area contributed by atoms with Gasteiger partial charge < -0.3 is 10.5 Å². The van der Waals surface area contributed by atoms with E-state index >= 15 is 0 Å². The smallest absolute Gasteiger partial charge is 0.370 e. The molecule has 1 rings (SSSR count). The van der Waals surface area contributed by atoms with Crippen molar-refractivity contribution in [2.75, 3.05) is 6.54 Å².